The van der Waals surface area contributed by atoms with E-state index in [9.17, 15) is 4.79 Å². The van der Waals surface area contributed by atoms with Gasteiger partial charge in [0.05, 0.1) is 10.7 Å². The SMILES string of the molecule is CCCN(C)CCOc1ccc(-n2ccc(OCc3ccc(Cl)cn3)cc2=O)cc1. The van der Waals surface area contributed by atoms with Gasteiger partial charge in [0.15, 0.2) is 0 Å². The number of likely N-dealkylation sites (N-methyl/N-ethyl adjacent to an activating group) is 1. The van der Waals surface area contributed by atoms with Gasteiger partial charge < -0.3 is 14.4 Å². The standard InChI is InChI=1S/C23H26ClN3O3/c1-3-11-26(2)13-14-29-21-8-6-20(7-9-21)27-12-10-22(15-23(27)28)30-17-19-5-4-18(24)16-25-19/h4-10,12,15-16H,3,11,13-14,17H2,1-2H3. The summed E-state index contributed by atoms with van der Waals surface area (Å²) in [6.45, 7) is 4.99. The third-order valence-electron chi connectivity index (χ3n) is 4.53. The monoisotopic (exact) mass is 427 g/mol. The van der Waals surface area contributed by atoms with Crippen molar-refractivity contribution in [3.05, 3.63) is 82.0 Å². The second-order valence-corrected chi connectivity index (χ2v) is 7.41. The number of pyridine rings is 2. The molecule has 1 aromatic carbocycles. The van der Waals surface area contributed by atoms with E-state index in [2.05, 4.69) is 23.9 Å². The van der Waals surface area contributed by atoms with Crippen molar-refractivity contribution in [1.82, 2.24) is 14.5 Å². The van der Waals surface area contributed by atoms with Gasteiger partial charge in [0.2, 0.25) is 0 Å². The zero-order valence-corrected chi connectivity index (χ0v) is 18.0. The molecule has 0 aliphatic heterocycles. The zero-order chi connectivity index (χ0) is 21.3. The van der Waals surface area contributed by atoms with Crippen LogP contribution in [-0.4, -0.2) is 41.2 Å². The number of hydrogen-bond acceptors (Lipinski definition) is 5. The van der Waals surface area contributed by atoms with Crippen LogP contribution in [0, 0.1) is 0 Å². The van der Waals surface area contributed by atoms with Gasteiger partial charge in [-0.25, -0.2) is 0 Å². The Labute approximate surface area is 181 Å². The fraction of sp³-hybridized carbons (Fsp3) is 0.304. The number of nitrogens with zero attached hydrogens (tertiary/aromatic N) is 3. The summed E-state index contributed by atoms with van der Waals surface area (Å²) in [5, 5.41) is 0.571. The lowest BCUT2D eigenvalue weighted by Gasteiger charge is -2.16. The second-order valence-electron chi connectivity index (χ2n) is 6.97. The molecule has 3 aromatic rings. The van der Waals surface area contributed by atoms with Gasteiger partial charge in [-0.2, -0.15) is 0 Å². The third-order valence-corrected chi connectivity index (χ3v) is 4.75. The molecule has 0 aliphatic carbocycles. The summed E-state index contributed by atoms with van der Waals surface area (Å²) in [7, 11) is 2.09. The smallest absolute Gasteiger partial charge is 0.258 e. The topological polar surface area (TPSA) is 56.6 Å². The Morgan fingerprint density at radius 3 is 2.50 bits per heavy atom. The van der Waals surface area contributed by atoms with Crippen LogP contribution in [0.1, 0.15) is 19.0 Å². The van der Waals surface area contributed by atoms with Crippen LogP contribution in [0.3, 0.4) is 0 Å². The molecular weight excluding hydrogens is 402 g/mol. The first-order valence-corrected chi connectivity index (χ1v) is 10.3. The minimum Gasteiger partial charge on any atom is -0.492 e. The van der Waals surface area contributed by atoms with Gasteiger partial charge in [-0.1, -0.05) is 18.5 Å². The molecule has 0 unspecified atom stereocenters. The number of hydrogen-bond donors (Lipinski definition) is 0. The van der Waals surface area contributed by atoms with Crippen molar-refractivity contribution in [2.24, 2.45) is 0 Å². The number of benzene rings is 1. The number of rotatable bonds is 10. The molecule has 0 atom stereocenters. The van der Waals surface area contributed by atoms with E-state index >= 15 is 0 Å². The van der Waals surface area contributed by atoms with Crippen LogP contribution in [0.5, 0.6) is 11.5 Å². The minimum absolute atomic E-state index is 0.175. The highest BCUT2D eigenvalue weighted by Crippen LogP contribution is 2.16. The molecule has 0 radical (unpaired) electrons. The molecule has 0 saturated heterocycles. The van der Waals surface area contributed by atoms with Gasteiger partial charge in [-0.05, 0) is 62.5 Å². The first-order valence-electron chi connectivity index (χ1n) is 9.93. The van der Waals surface area contributed by atoms with Gasteiger partial charge in [-0.3, -0.25) is 14.3 Å². The molecule has 158 valence electrons. The summed E-state index contributed by atoms with van der Waals surface area (Å²) >= 11 is 5.83. The van der Waals surface area contributed by atoms with E-state index < -0.39 is 0 Å². The predicted molar refractivity (Wildman–Crippen MR) is 119 cm³/mol. The van der Waals surface area contributed by atoms with Crippen molar-refractivity contribution >= 4 is 11.6 Å². The molecule has 0 fully saturated rings. The van der Waals surface area contributed by atoms with E-state index in [-0.39, 0.29) is 12.2 Å². The lowest BCUT2D eigenvalue weighted by molar-refractivity contribution is 0.237. The number of ether oxygens (including phenoxy) is 2. The molecule has 0 bridgehead atoms. The van der Waals surface area contributed by atoms with Crippen molar-refractivity contribution < 1.29 is 9.47 Å². The van der Waals surface area contributed by atoms with Crippen molar-refractivity contribution in [3.63, 3.8) is 0 Å². The summed E-state index contributed by atoms with van der Waals surface area (Å²) in [6, 6.07) is 14.2. The van der Waals surface area contributed by atoms with Crippen LogP contribution in [-0.2, 0) is 6.61 Å². The predicted octanol–water partition coefficient (Wildman–Crippen LogP) is 4.19. The van der Waals surface area contributed by atoms with Crippen LogP contribution in [0.25, 0.3) is 5.69 Å². The molecule has 0 amide bonds. The summed E-state index contributed by atoms with van der Waals surface area (Å²) in [5.41, 5.74) is 1.33. The van der Waals surface area contributed by atoms with E-state index in [1.807, 2.05) is 24.3 Å². The first kappa shape index (κ1) is 21.9. The van der Waals surface area contributed by atoms with Crippen LogP contribution in [0.2, 0.25) is 5.02 Å². The molecule has 3 rings (SSSR count). The number of halogens is 1. The Morgan fingerprint density at radius 2 is 1.83 bits per heavy atom. The molecule has 30 heavy (non-hydrogen) atoms. The number of aromatic nitrogens is 2. The molecule has 7 heteroatoms. The largest absolute Gasteiger partial charge is 0.492 e. The van der Waals surface area contributed by atoms with Gasteiger partial charge in [0, 0.05) is 30.7 Å². The lowest BCUT2D eigenvalue weighted by Crippen LogP contribution is -2.24. The molecule has 0 aliphatic rings. The van der Waals surface area contributed by atoms with Crippen LogP contribution in [0.4, 0.5) is 0 Å². The van der Waals surface area contributed by atoms with E-state index in [4.69, 9.17) is 21.1 Å². The maximum atomic E-state index is 12.5. The average molecular weight is 428 g/mol. The maximum absolute atomic E-state index is 12.5. The summed E-state index contributed by atoms with van der Waals surface area (Å²) < 4.78 is 13.0. The van der Waals surface area contributed by atoms with Crippen molar-refractivity contribution in [2.45, 2.75) is 20.0 Å². The highest BCUT2D eigenvalue weighted by molar-refractivity contribution is 6.30. The second kappa shape index (κ2) is 10.8. The Bertz CT molecular complexity index is 988. The Kier molecular flexibility index (Phi) is 7.88. The lowest BCUT2D eigenvalue weighted by atomic mass is 10.3. The van der Waals surface area contributed by atoms with E-state index in [0.717, 1.165) is 36.6 Å². The third kappa shape index (κ3) is 6.34. The highest BCUT2D eigenvalue weighted by Gasteiger charge is 2.05. The molecule has 0 N–H and O–H groups in total. The molecular formula is C23H26ClN3O3. The summed E-state index contributed by atoms with van der Waals surface area (Å²) in [6.07, 6.45) is 4.39. The molecule has 2 heterocycles. The van der Waals surface area contributed by atoms with Crippen LogP contribution < -0.4 is 15.0 Å². The fourth-order valence-electron chi connectivity index (χ4n) is 2.93. The Balaban J connectivity index is 1.57. The maximum Gasteiger partial charge on any atom is 0.258 e. The zero-order valence-electron chi connectivity index (χ0n) is 17.3. The van der Waals surface area contributed by atoms with Crippen molar-refractivity contribution in [3.8, 4) is 17.2 Å². The van der Waals surface area contributed by atoms with Crippen molar-refractivity contribution in [1.29, 1.82) is 0 Å². The summed E-state index contributed by atoms with van der Waals surface area (Å²) in [5.74, 6) is 1.27. The van der Waals surface area contributed by atoms with Gasteiger partial charge >= 0.3 is 0 Å². The molecule has 2 aromatic heterocycles. The van der Waals surface area contributed by atoms with Crippen LogP contribution >= 0.6 is 11.6 Å². The van der Waals surface area contributed by atoms with Gasteiger partial charge in [0.1, 0.15) is 24.7 Å². The van der Waals surface area contributed by atoms with E-state index in [1.54, 1.807) is 35.2 Å². The Hall–Kier alpha value is -2.83. The molecule has 0 spiro atoms. The average Bonchev–Trinajstić information content (AvgIpc) is 2.74. The van der Waals surface area contributed by atoms with Gasteiger partial charge in [0.25, 0.3) is 5.56 Å². The van der Waals surface area contributed by atoms with E-state index in [1.165, 1.54) is 6.07 Å². The van der Waals surface area contributed by atoms with Crippen molar-refractivity contribution in [2.75, 3.05) is 26.7 Å². The minimum atomic E-state index is -0.175. The summed E-state index contributed by atoms with van der Waals surface area (Å²) in [4.78, 5) is 18.9. The first-order chi connectivity index (χ1) is 14.5. The van der Waals surface area contributed by atoms with Crippen LogP contribution in [0.15, 0.2) is 65.7 Å². The molecule has 0 saturated carbocycles. The molecule has 6 nitrogen and oxygen atoms in total. The van der Waals surface area contributed by atoms with Gasteiger partial charge in [-0.15, -0.1) is 0 Å². The van der Waals surface area contributed by atoms with E-state index in [0.29, 0.717) is 17.4 Å². The fourth-order valence-corrected chi connectivity index (χ4v) is 3.04. The Morgan fingerprint density at radius 1 is 1.03 bits per heavy atom. The normalized spacial score (nSPS) is 10.9. The quantitative estimate of drug-likeness (QED) is 0.485. The highest BCUT2D eigenvalue weighted by atomic mass is 35.5.